The van der Waals surface area contributed by atoms with Gasteiger partial charge < -0.3 is 14.4 Å². The van der Waals surface area contributed by atoms with Gasteiger partial charge >= 0.3 is 5.00 Å². The molecule has 0 N–H and O–H groups in total. The Kier molecular flexibility index (Phi) is 9.68. The van der Waals surface area contributed by atoms with Crippen molar-refractivity contribution in [1.82, 2.24) is 19.4 Å². The monoisotopic (exact) mass is 525 g/mol. The maximum absolute atomic E-state index is 13.5. The van der Waals surface area contributed by atoms with Crippen LogP contribution in [-0.4, -0.2) is 62.9 Å². The van der Waals surface area contributed by atoms with E-state index in [2.05, 4.69) is 23.3 Å². The van der Waals surface area contributed by atoms with Crippen molar-refractivity contribution in [2.24, 2.45) is 0 Å². The quantitative estimate of drug-likeness (QED) is 0.186. The highest BCUT2D eigenvalue weighted by atomic mass is 32.1. The van der Waals surface area contributed by atoms with E-state index < -0.39 is 0 Å². The number of imidazole rings is 1. The van der Waals surface area contributed by atoms with Crippen molar-refractivity contribution in [1.29, 1.82) is 0 Å². The Bertz CT molecular complexity index is 1190. The number of rotatable bonds is 13. The zero-order valence-corrected chi connectivity index (χ0v) is 23.0. The summed E-state index contributed by atoms with van der Waals surface area (Å²) in [5, 5.41) is 11.4. The summed E-state index contributed by atoms with van der Waals surface area (Å²) in [7, 11) is 0. The Morgan fingerprint density at radius 2 is 1.76 bits per heavy atom. The van der Waals surface area contributed by atoms with Crippen LogP contribution in [0.3, 0.4) is 0 Å². The molecular weight excluding hydrogens is 486 g/mol. The number of amides is 1. The summed E-state index contributed by atoms with van der Waals surface area (Å²) < 4.78 is 2.16. The zero-order valence-electron chi connectivity index (χ0n) is 22.2. The van der Waals surface area contributed by atoms with E-state index in [-0.39, 0.29) is 15.8 Å². The Morgan fingerprint density at radius 1 is 1.03 bits per heavy atom. The van der Waals surface area contributed by atoms with Gasteiger partial charge in [0.1, 0.15) is 0 Å². The van der Waals surface area contributed by atoms with Gasteiger partial charge in [-0.05, 0) is 76.0 Å². The third-order valence-corrected chi connectivity index (χ3v) is 8.18. The fourth-order valence-corrected chi connectivity index (χ4v) is 5.87. The largest absolute Gasteiger partial charge is 0.339 e. The number of likely N-dealkylation sites (tertiary alicyclic amines) is 1. The number of piperidine rings is 1. The summed E-state index contributed by atoms with van der Waals surface area (Å²) in [6.07, 6.45) is 8.88. The molecule has 1 aliphatic rings. The number of benzene rings is 1. The number of thiophene rings is 1. The first kappa shape index (κ1) is 27.3. The Hall–Kier alpha value is -2.78. The Balaban J connectivity index is 1.65. The Labute approximate surface area is 223 Å². The van der Waals surface area contributed by atoms with Gasteiger partial charge in [0.25, 0.3) is 5.91 Å². The molecule has 3 heterocycles. The van der Waals surface area contributed by atoms with E-state index in [9.17, 15) is 14.9 Å². The molecule has 200 valence electrons. The van der Waals surface area contributed by atoms with Crippen LogP contribution in [0.25, 0.3) is 21.7 Å². The smallest absolute Gasteiger partial charge is 0.324 e. The molecule has 2 aromatic heterocycles. The van der Waals surface area contributed by atoms with Gasteiger partial charge in [-0.15, -0.1) is 0 Å². The molecule has 0 atom stereocenters. The lowest BCUT2D eigenvalue weighted by atomic mass is 10.1. The predicted molar refractivity (Wildman–Crippen MR) is 150 cm³/mol. The normalized spacial score (nSPS) is 14.3. The van der Waals surface area contributed by atoms with Crippen LogP contribution < -0.4 is 0 Å². The van der Waals surface area contributed by atoms with Crippen molar-refractivity contribution in [3.05, 3.63) is 46.0 Å². The summed E-state index contributed by atoms with van der Waals surface area (Å²) in [4.78, 5) is 34.6. The van der Waals surface area contributed by atoms with Gasteiger partial charge in [-0.1, -0.05) is 44.4 Å². The average Bonchev–Trinajstić information content (AvgIpc) is 3.54. The molecule has 1 aliphatic heterocycles. The fraction of sp³-hybridized carbons (Fsp3) is 0.571. The lowest BCUT2D eigenvalue weighted by Gasteiger charge is -2.26. The highest BCUT2D eigenvalue weighted by Crippen LogP contribution is 2.34. The first-order valence-corrected chi connectivity index (χ1v) is 14.6. The number of nitrogens with zero attached hydrogens (tertiary/aromatic N) is 5. The second-order valence-electron chi connectivity index (χ2n) is 9.94. The van der Waals surface area contributed by atoms with E-state index in [0.717, 1.165) is 104 Å². The van der Waals surface area contributed by atoms with Crippen LogP contribution >= 0.6 is 11.3 Å². The van der Waals surface area contributed by atoms with Gasteiger partial charge in [-0.2, -0.15) is 0 Å². The van der Waals surface area contributed by atoms with Crippen molar-refractivity contribution < 1.29 is 9.72 Å². The van der Waals surface area contributed by atoms with E-state index in [0.29, 0.717) is 5.56 Å². The molecule has 0 spiro atoms. The molecule has 37 heavy (non-hydrogen) atoms. The van der Waals surface area contributed by atoms with Crippen LogP contribution in [0.2, 0.25) is 0 Å². The lowest BCUT2D eigenvalue weighted by Crippen LogP contribution is -2.33. The SMILES string of the molecule is CCCCN(CCCC)C(=O)c1ccc2nc(-c3ccc([N+](=O)[O-])s3)n(CCCN3CCCCC3)c2c1. The number of carbonyl (C=O) groups excluding carboxylic acids is 1. The van der Waals surface area contributed by atoms with Gasteiger partial charge in [0, 0.05) is 31.3 Å². The van der Waals surface area contributed by atoms with Crippen molar-refractivity contribution in [2.75, 3.05) is 32.7 Å². The highest BCUT2D eigenvalue weighted by Gasteiger charge is 2.21. The summed E-state index contributed by atoms with van der Waals surface area (Å²) in [6.45, 7) is 9.91. The van der Waals surface area contributed by atoms with E-state index in [1.165, 1.54) is 19.3 Å². The minimum absolute atomic E-state index is 0.0678. The molecule has 0 radical (unpaired) electrons. The maximum atomic E-state index is 13.5. The number of hydrogen-bond donors (Lipinski definition) is 0. The number of carbonyl (C=O) groups is 1. The van der Waals surface area contributed by atoms with Gasteiger partial charge in [-0.3, -0.25) is 14.9 Å². The number of hydrogen-bond acceptors (Lipinski definition) is 6. The molecule has 0 unspecified atom stereocenters. The summed E-state index contributed by atoms with van der Waals surface area (Å²) in [5.74, 6) is 0.809. The summed E-state index contributed by atoms with van der Waals surface area (Å²) in [6, 6.07) is 9.11. The number of aromatic nitrogens is 2. The van der Waals surface area contributed by atoms with Crippen molar-refractivity contribution >= 4 is 33.3 Å². The molecule has 0 aliphatic carbocycles. The van der Waals surface area contributed by atoms with Crippen LogP contribution in [0.1, 0.15) is 75.6 Å². The van der Waals surface area contributed by atoms with Gasteiger partial charge in [0.05, 0.1) is 20.8 Å². The number of unbranched alkanes of at least 4 members (excludes halogenated alkanes) is 2. The van der Waals surface area contributed by atoms with E-state index in [1.807, 2.05) is 23.1 Å². The maximum Gasteiger partial charge on any atom is 0.324 e. The molecule has 9 heteroatoms. The molecule has 0 saturated carbocycles. The van der Waals surface area contributed by atoms with Crippen LogP contribution in [0.15, 0.2) is 30.3 Å². The first-order chi connectivity index (χ1) is 18.0. The molecule has 1 fully saturated rings. The standard InChI is InChI=1S/C28H39N5O3S/c1-3-5-18-31(19-6-4-2)28(34)22-11-12-23-24(21-22)32(20-10-17-30-15-8-7-9-16-30)27(29-23)25-13-14-26(37-25)33(35)36/h11-14,21H,3-10,15-20H2,1-2H3. The van der Waals surface area contributed by atoms with Crippen molar-refractivity contribution in [3.8, 4) is 10.7 Å². The highest BCUT2D eigenvalue weighted by molar-refractivity contribution is 7.18. The number of nitro groups is 1. The van der Waals surface area contributed by atoms with Gasteiger partial charge in [0.15, 0.2) is 5.82 Å². The Morgan fingerprint density at radius 3 is 2.41 bits per heavy atom. The number of fused-ring (bicyclic) bond motifs is 1. The molecule has 8 nitrogen and oxygen atoms in total. The van der Waals surface area contributed by atoms with Crippen LogP contribution in [-0.2, 0) is 6.54 Å². The zero-order chi connectivity index (χ0) is 26.2. The molecule has 1 amide bonds. The number of aryl methyl sites for hydroxylation is 1. The van der Waals surface area contributed by atoms with Crippen molar-refractivity contribution in [2.45, 2.75) is 71.8 Å². The van der Waals surface area contributed by atoms with Crippen LogP contribution in [0.4, 0.5) is 5.00 Å². The molecule has 0 bridgehead atoms. The lowest BCUT2D eigenvalue weighted by molar-refractivity contribution is -0.380. The third kappa shape index (κ3) is 6.76. The van der Waals surface area contributed by atoms with Crippen molar-refractivity contribution in [3.63, 3.8) is 0 Å². The molecule has 1 aromatic carbocycles. The minimum atomic E-state index is -0.352. The van der Waals surface area contributed by atoms with Crippen LogP contribution in [0, 0.1) is 10.1 Å². The van der Waals surface area contributed by atoms with Gasteiger partial charge in [0.2, 0.25) is 0 Å². The molecule has 3 aromatic rings. The molecular formula is C28H39N5O3S. The summed E-state index contributed by atoms with van der Waals surface area (Å²) >= 11 is 1.15. The van der Waals surface area contributed by atoms with Crippen LogP contribution in [0.5, 0.6) is 0 Å². The predicted octanol–water partition coefficient (Wildman–Crippen LogP) is 6.59. The van der Waals surface area contributed by atoms with E-state index in [4.69, 9.17) is 4.98 Å². The topological polar surface area (TPSA) is 84.5 Å². The molecule has 1 saturated heterocycles. The third-order valence-electron chi connectivity index (χ3n) is 7.14. The minimum Gasteiger partial charge on any atom is -0.339 e. The molecule has 4 rings (SSSR count). The second-order valence-corrected chi connectivity index (χ2v) is 11.0. The fourth-order valence-electron chi connectivity index (χ4n) is 5.05. The van der Waals surface area contributed by atoms with E-state index in [1.54, 1.807) is 12.1 Å². The average molecular weight is 526 g/mol. The summed E-state index contributed by atoms with van der Waals surface area (Å²) in [5.41, 5.74) is 2.41. The van der Waals surface area contributed by atoms with E-state index >= 15 is 0 Å². The van der Waals surface area contributed by atoms with Gasteiger partial charge in [-0.25, -0.2) is 4.98 Å². The second kappa shape index (κ2) is 13.1. The first-order valence-electron chi connectivity index (χ1n) is 13.8.